The zero-order chi connectivity index (χ0) is 12.2. The number of hydrogen-bond donors (Lipinski definition) is 0. The normalized spacial score (nSPS) is 23.4. The fraction of sp³-hybridized carbons (Fsp3) is 0.750. The molecule has 1 rings (SSSR count). The van der Waals surface area contributed by atoms with Gasteiger partial charge < -0.3 is 0 Å². The third-order valence-corrected chi connectivity index (χ3v) is 3.40. The average molecular weight is 220 g/mol. The molecule has 2 radical (unpaired) electrons. The van der Waals surface area contributed by atoms with E-state index in [1.165, 1.54) is 44.9 Å². The van der Waals surface area contributed by atoms with Crippen LogP contribution < -0.4 is 0 Å². The van der Waals surface area contributed by atoms with Crippen molar-refractivity contribution in [2.75, 3.05) is 0 Å². The first-order valence-electron chi connectivity index (χ1n) is 6.84. The minimum atomic E-state index is 0.718. The Bertz CT molecular complexity index is 169. The van der Waals surface area contributed by atoms with Gasteiger partial charge in [-0.3, -0.25) is 0 Å². The van der Waals surface area contributed by atoms with Gasteiger partial charge in [0.1, 0.15) is 0 Å². The summed E-state index contributed by atoms with van der Waals surface area (Å²) in [5.41, 5.74) is 0. The van der Waals surface area contributed by atoms with Crippen LogP contribution in [0.3, 0.4) is 0 Å². The Morgan fingerprint density at radius 2 is 1.88 bits per heavy atom. The predicted octanol–water partition coefficient (Wildman–Crippen LogP) is 5.36. The molecule has 0 aromatic rings. The molecule has 1 fully saturated rings. The largest absolute Gasteiger partial charge is 0.0845 e. The molecule has 0 saturated heterocycles. The molecule has 0 aromatic carbocycles. The first-order chi connectivity index (χ1) is 7.76. The summed E-state index contributed by atoms with van der Waals surface area (Å²) in [5.74, 6) is 1.56. The van der Waals surface area contributed by atoms with E-state index in [1.54, 1.807) is 6.08 Å². The van der Waals surface area contributed by atoms with Gasteiger partial charge in [-0.15, -0.1) is 0 Å². The van der Waals surface area contributed by atoms with E-state index in [-0.39, 0.29) is 0 Å². The molecule has 92 valence electrons. The van der Waals surface area contributed by atoms with Crippen molar-refractivity contribution in [1.82, 2.24) is 0 Å². The zero-order valence-electron chi connectivity index (χ0n) is 11.1. The summed E-state index contributed by atoms with van der Waals surface area (Å²) in [4.78, 5) is 0. The van der Waals surface area contributed by atoms with Crippen LogP contribution in [0.1, 0.15) is 65.2 Å². The molecule has 0 heterocycles. The quantitative estimate of drug-likeness (QED) is 0.529. The molecular formula is C16H28. The minimum Gasteiger partial charge on any atom is -0.0845 e. The van der Waals surface area contributed by atoms with Crippen molar-refractivity contribution in [3.8, 4) is 0 Å². The van der Waals surface area contributed by atoms with Gasteiger partial charge in [0.25, 0.3) is 0 Å². The fourth-order valence-electron chi connectivity index (χ4n) is 2.15. The topological polar surface area (TPSA) is 0 Å². The lowest BCUT2D eigenvalue weighted by Gasteiger charge is -2.06. The van der Waals surface area contributed by atoms with Gasteiger partial charge in [0.2, 0.25) is 0 Å². The second-order valence-corrected chi connectivity index (χ2v) is 4.85. The molecule has 0 heteroatoms. The molecule has 1 aliphatic rings. The van der Waals surface area contributed by atoms with E-state index < -0.39 is 0 Å². The Balaban J connectivity index is 0.000000281. The lowest BCUT2D eigenvalue weighted by molar-refractivity contribution is 0.504. The predicted molar refractivity (Wildman–Crippen MR) is 73.0 cm³/mol. The van der Waals surface area contributed by atoms with Crippen LogP contribution in [0.4, 0.5) is 0 Å². The number of rotatable bonds is 6. The summed E-state index contributed by atoms with van der Waals surface area (Å²) in [6, 6.07) is 0. The molecule has 0 aromatic heterocycles. The highest BCUT2D eigenvalue weighted by Gasteiger charge is 2.19. The van der Waals surface area contributed by atoms with Gasteiger partial charge in [0, 0.05) is 0 Å². The highest BCUT2D eigenvalue weighted by molar-refractivity contribution is 4.85. The monoisotopic (exact) mass is 220 g/mol. The van der Waals surface area contributed by atoms with Crippen molar-refractivity contribution < 1.29 is 0 Å². The molecule has 0 spiro atoms. The Labute approximate surface area is 103 Å². The molecule has 0 bridgehead atoms. The van der Waals surface area contributed by atoms with Crippen molar-refractivity contribution in [3.63, 3.8) is 0 Å². The summed E-state index contributed by atoms with van der Waals surface area (Å²) in [7, 11) is 0. The van der Waals surface area contributed by atoms with Gasteiger partial charge in [0.05, 0.1) is 0 Å². The second kappa shape index (κ2) is 11.0. The fourth-order valence-corrected chi connectivity index (χ4v) is 2.15. The molecule has 0 amide bonds. The molecule has 2 atom stereocenters. The third kappa shape index (κ3) is 7.73. The third-order valence-electron chi connectivity index (χ3n) is 3.40. The Morgan fingerprint density at radius 1 is 1.12 bits per heavy atom. The maximum Gasteiger partial charge on any atom is -0.0205 e. The number of hydrogen-bond acceptors (Lipinski definition) is 0. The van der Waals surface area contributed by atoms with Crippen molar-refractivity contribution >= 4 is 0 Å². The van der Waals surface area contributed by atoms with Crippen LogP contribution in [-0.2, 0) is 0 Å². The van der Waals surface area contributed by atoms with Crippen LogP contribution in [0.5, 0.6) is 0 Å². The summed E-state index contributed by atoms with van der Waals surface area (Å²) in [6.07, 6.45) is 14.0. The molecule has 0 N–H and O–H groups in total. The Hall–Kier alpha value is -0.520. The van der Waals surface area contributed by atoms with Gasteiger partial charge in [-0.2, -0.15) is 0 Å². The molecule has 16 heavy (non-hydrogen) atoms. The molecule has 0 nitrogen and oxygen atoms in total. The maximum absolute atomic E-state index is 5.40. The lowest BCUT2D eigenvalue weighted by Crippen LogP contribution is -1.97. The summed E-state index contributed by atoms with van der Waals surface area (Å²) in [5, 5.41) is 0. The highest BCUT2D eigenvalue weighted by Crippen LogP contribution is 2.31. The lowest BCUT2D eigenvalue weighted by atomic mass is 9.99. The Morgan fingerprint density at radius 3 is 2.25 bits per heavy atom. The van der Waals surface area contributed by atoms with E-state index in [4.69, 9.17) is 13.2 Å². The average Bonchev–Trinajstić information content (AvgIpc) is 2.71. The van der Waals surface area contributed by atoms with E-state index in [0.717, 1.165) is 18.3 Å². The van der Waals surface area contributed by atoms with Crippen LogP contribution in [0.25, 0.3) is 0 Å². The highest BCUT2D eigenvalue weighted by atomic mass is 14.2. The SMILES string of the molecule is [CH]=CC1CCCC1C.[CH]=CCCCCCC. The van der Waals surface area contributed by atoms with E-state index in [9.17, 15) is 0 Å². The number of unbranched alkanes of at least 4 members (excludes halogenated alkanes) is 4. The summed E-state index contributed by atoms with van der Waals surface area (Å²) in [6.45, 7) is 15.1. The first-order valence-corrected chi connectivity index (χ1v) is 6.84. The minimum absolute atomic E-state index is 0.718. The summed E-state index contributed by atoms with van der Waals surface area (Å²) < 4.78 is 0. The Kier molecular flexibility index (Phi) is 10.6. The standard InChI is InChI=1S/C8H13.C8H15/c1-3-8-6-4-5-7(8)2;1-3-5-7-8-6-4-2/h1,3,7-8H,4-6H2,2H3;1,3H,4-8H2,2H3. The van der Waals surface area contributed by atoms with Crippen LogP contribution in [-0.4, -0.2) is 0 Å². The number of allylic oxidation sites excluding steroid dienone is 2. The van der Waals surface area contributed by atoms with Crippen LogP contribution in [0.2, 0.25) is 0 Å². The van der Waals surface area contributed by atoms with Crippen LogP contribution in [0, 0.1) is 25.0 Å². The van der Waals surface area contributed by atoms with Crippen molar-refractivity contribution in [1.29, 1.82) is 0 Å². The molecular weight excluding hydrogens is 192 g/mol. The van der Waals surface area contributed by atoms with Crippen molar-refractivity contribution in [3.05, 3.63) is 25.3 Å². The zero-order valence-corrected chi connectivity index (χ0v) is 11.1. The van der Waals surface area contributed by atoms with Crippen molar-refractivity contribution in [2.45, 2.75) is 65.2 Å². The van der Waals surface area contributed by atoms with E-state index in [0.29, 0.717) is 0 Å². The maximum atomic E-state index is 5.40. The van der Waals surface area contributed by atoms with Gasteiger partial charge in [0.15, 0.2) is 0 Å². The summed E-state index contributed by atoms with van der Waals surface area (Å²) >= 11 is 0. The molecule has 2 unspecified atom stereocenters. The van der Waals surface area contributed by atoms with Crippen molar-refractivity contribution in [2.24, 2.45) is 11.8 Å². The van der Waals surface area contributed by atoms with E-state index in [2.05, 4.69) is 13.8 Å². The van der Waals surface area contributed by atoms with Crippen LogP contribution in [0.15, 0.2) is 12.2 Å². The second-order valence-electron chi connectivity index (χ2n) is 4.85. The molecule has 1 saturated carbocycles. The smallest absolute Gasteiger partial charge is 0.0205 e. The molecule has 0 aliphatic heterocycles. The van der Waals surface area contributed by atoms with E-state index >= 15 is 0 Å². The van der Waals surface area contributed by atoms with Gasteiger partial charge in [-0.05, 0) is 31.1 Å². The molecule has 1 aliphatic carbocycles. The van der Waals surface area contributed by atoms with E-state index in [1.807, 2.05) is 6.08 Å². The van der Waals surface area contributed by atoms with Gasteiger partial charge >= 0.3 is 0 Å². The van der Waals surface area contributed by atoms with Crippen LogP contribution >= 0.6 is 0 Å². The van der Waals surface area contributed by atoms with Gasteiger partial charge in [-0.1, -0.05) is 71.3 Å². The first kappa shape index (κ1) is 15.5. The van der Waals surface area contributed by atoms with Gasteiger partial charge in [-0.25, -0.2) is 0 Å².